The first-order valence-corrected chi connectivity index (χ1v) is 7.46. The molecular weight excluding hydrogens is 307 g/mol. The third kappa shape index (κ3) is 3.10. The number of hydrogen-bond donors (Lipinski definition) is 1. The molecule has 0 fully saturated rings. The van der Waals surface area contributed by atoms with Crippen LogP contribution >= 0.6 is 11.3 Å². The topological polar surface area (TPSA) is 58.6 Å². The minimum Gasteiger partial charge on any atom is -0.380 e. The molecule has 5 nitrogen and oxygen atoms in total. The zero-order chi connectivity index (χ0) is 16.3. The minimum absolute atomic E-state index is 0.0571. The maximum Gasteiger partial charge on any atom is 0.264 e. The summed E-state index contributed by atoms with van der Waals surface area (Å²) in [5.41, 5.74) is 0.523. The van der Waals surface area contributed by atoms with Crippen LogP contribution in [0.4, 0.5) is 4.39 Å². The number of carbonyl (C=O) groups is 2. The summed E-state index contributed by atoms with van der Waals surface area (Å²) in [6, 6.07) is 4.72. The van der Waals surface area contributed by atoms with Gasteiger partial charge >= 0.3 is 0 Å². The fourth-order valence-electron chi connectivity index (χ4n) is 2.16. The molecule has 2 amide bonds. The van der Waals surface area contributed by atoms with Crippen LogP contribution < -0.4 is 5.32 Å². The van der Waals surface area contributed by atoms with Crippen molar-refractivity contribution in [3.05, 3.63) is 34.5 Å². The van der Waals surface area contributed by atoms with E-state index in [1.54, 1.807) is 12.1 Å². The van der Waals surface area contributed by atoms with Crippen LogP contribution in [0.25, 0.3) is 10.1 Å². The first-order chi connectivity index (χ1) is 10.5. The summed E-state index contributed by atoms with van der Waals surface area (Å²) < 4.78 is 19.9. The number of benzene rings is 1. The number of hydrogen-bond acceptors (Lipinski definition) is 4. The number of fused-ring (bicyclic) bond motifs is 1. The molecule has 0 atom stereocenters. The number of nitrogens with one attached hydrogen (secondary N) is 1. The zero-order valence-corrected chi connectivity index (χ0v) is 13.4. The second kappa shape index (κ2) is 6.85. The molecule has 7 heteroatoms. The molecule has 0 aliphatic rings. The minimum atomic E-state index is -0.381. The molecule has 0 radical (unpaired) electrons. The second-order valence-electron chi connectivity index (χ2n) is 4.79. The average Bonchev–Trinajstić information content (AvgIpc) is 2.86. The second-order valence-corrected chi connectivity index (χ2v) is 5.84. The van der Waals surface area contributed by atoms with E-state index in [0.717, 1.165) is 0 Å². The first-order valence-electron chi connectivity index (χ1n) is 6.64. The summed E-state index contributed by atoms with van der Waals surface area (Å²) >= 11 is 1.21. The van der Waals surface area contributed by atoms with Crippen molar-refractivity contribution in [2.45, 2.75) is 6.61 Å². The van der Waals surface area contributed by atoms with Crippen LogP contribution in [-0.2, 0) is 16.1 Å². The number of ether oxygens (including phenoxy) is 1. The predicted octanol–water partition coefficient (Wildman–Crippen LogP) is 2.00. The van der Waals surface area contributed by atoms with Crippen LogP contribution in [0.1, 0.15) is 15.2 Å². The zero-order valence-electron chi connectivity index (χ0n) is 12.6. The normalized spacial score (nSPS) is 10.7. The van der Waals surface area contributed by atoms with Gasteiger partial charge in [-0.3, -0.25) is 9.59 Å². The Hall–Kier alpha value is -1.99. The van der Waals surface area contributed by atoms with Crippen molar-refractivity contribution in [1.29, 1.82) is 0 Å². The fourth-order valence-corrected chi connectivity index (χ4v) is 3.38. The van der Waals surface area contributed by atoms with Gasteiger partial charge in [0.2, 0.25) is 5.91 Å². The highest BCUT2D eigenvalue weighted by Gasteiger charge is 2.23. The molecule has 0 aliphatic carbocycles. The molecule has 0 saturated heterocycles. The molecular formula is C15H17FN2O3S. The summed E-state index contributed by atoms with van der Waals surface area (Å²) in [6.07, 6.45) is 0. The van der Waals surface area contributed by atoms with E-state index >= 15 is 0 Å². The molecule has 0 spiro atoms. The van der Waals surface area contributed by atoms with Crippen LogP contribution in [-0.4, -0.2) is 44.5 Å². The third-order valence-electron chi connectivity index (χ3n) is 3.25. The fraction of sp³-hybridized carbons (Fsp3) is 0.333. The predicted molar refractivity (Wildman–Crippen MR) is 83.5 cm³/mol. The van der Waals surface area contributed by atoms with Crippen molar-refractivity contribution in [2.24, 2.45) is 0 Å². The van der Waals surface area contributed by atoms with Gasteiger partial charge in [-0.15, -0.1) is 11.3 Å². The molecule has 1 N–H and O–H groups in total. The van der Waals surface area contributed by atoms with Gasteiger partial charge in [0, 0.05) is 36.9 Å². The van der Waals surface area contributed by atoms with E-state index in [9.17, 15) is 14.0 Å². The largest absolute Gasteiger partial charge is 0.380 e. The third-order valence-corrected chi connectivity index (χ3v) is 4.44. The summed E-state index contributed by atoms with van der Waals surface area (Å²) in [5.74, 6) is -0.971. The maximum atomic E-state index is 14.1. The van der Waals surface area contributed by atoms with Crippen molar-refractivity contribution >= 4 is 33.2 Å². The van der Waals surface area contributed by atoms with E-state index in [2.05, 4.69) is 5.32 Å². The molecule has 2 rings (SSSR count). The van der Waals surface area contributed by atoms with E-state index in [4.69, 9.17) is 4.74 Å². The number of carbonyl (C=O) groups excluding carboxylic acids is 2. The molecule has 0 bridgehead atoms. The van der Waals surface area contributed by atoms with E-state index in [1.807, 2.05) is 0 Å². The number of likely N-dealkylation sites (N-methyl/N-ethyl adjacent to an activating group) is 2. The summed E-state index contributed by atoms with van der Waals surface area (Å²) in [4.78, 5) is 25.7. The Morgan fingerprint density at radius 3 is 2.77 bits per heavy atom. The Bertz CT molecular complexity index is 714. The van der Waals surface area contributed by atoms with Crippen molar-refractivity contribution < 1.29 is 18.7 Å². The van der Waals surface area contributed by atoms with Crippen LogP contribution in [0.2, 0.25) is 0 Å². The lowest BCUT2D eigenvalue weighted by Crippen LogP contribution is -2.36. The van der Waals surface area contributed by atoms with Gasteiger partial charge in [-0.1, -0.05) is 6.07 Å². The maximum absolute atomic E-state index is 14.1. The molecule has 1 aromatic carbocycles. The van der Waals surface area contributed by atoms with Crippen LogP contribution in [0.5, 0.6) is 0 Å². The van der Waals surface area contributed by atoms with Gasteiger partial charge < -0.3 is 15.0 Å². The Morgan fingerprint density at radius 1 is 1.41 bits per heavy atom. The van der Waals surface area contributed by atoms with Crippen molar-refractivity contribution in [3.63, 3.8) is 0 Å². The van der Waals surface area contributed by atoms with E-state index < -0.39 is 0 Å². The summed E-state index contributed by atoms with van der Waals surface area (Å²) in [7, 11) is 4.54. The molecule has 1 heterocycles. The van der Waals surface area contributed by atoms with Gasteiger partial charge in [-0.25, -0.2) is 4.39 Å². The number of halogens is 1. The highest BCUT2D eigenvalue weighted by molar-refractivity contribution is 7.21. The molecule has 1 aromatic heterocycles. The highest BCUT2D eigenvalue weighted by atomic mass is 32.1. The van der Waals surface area contributed by atoms with Gasteiger partial charge in [0.1, 0.15) is 5.82 Å². The van der Waals surface area contributed by atoms with Crippen LogP contribution in [0, 0.1) is 5.82 Å². The van der Waals surface area contributed by atoms with Gasteiger partial charge in [-0.05, 0) is 12.1 Å². The summed E-state index contributed by atoms with van der Waals surface area (Å²) in [6.45, 7) is 0.0777. The smallest absolute Gasteiger partial charge is 0.264 e. The van der Waals surface area contributed by atoms with Crippen molar-refractivity contribution in [2.75, 3.05) is 27.7 Å². The molecule has 118 valence electrons. The lowest BCUT2D eigenvalue weighted by molar-refractivity contribution is -0.121. The average molecular weight is 324 g/mol. The van der Waals surface area contributed by atoms with Crippen molar-refractivity contribution in [3.8, 4) is 0 Å². The van der Waals surface area contributed by atoms with Crippen LogP contribution in [0.15, 0.2) is 18.2 Å². The van der Waals surface area contributed by atoms with E-state index in [-0.39, 0.29) is 30.8 Å². The molecule has 0 aliphatic heterocycles. The summed E-state index contributed by atoms with van der Waals surface area (Å²) in [5, 5.41) is 2.87. The Labute approximate surface area is 131 Å². The van der Waals surface area contributed by atoms with E-state index in [1.165, 1.54) is 43.5 Å². The van der Waals surface area contributed by atoms with Gasteiger partial charge in [0.25, 0.3) is 5.91 Å². The van der Waals surface area contributed by atoms with Crippen molar-refractivity contribution in [1.82, 2.24) is 10.2 Å². The SMILES string of the molecule is CNC(=O)CN(C)C(=O)c1sc2cccc(F)c2c1COC. The highest BCUT2D eigenvalue weighted by Crippen LogP contribution is 2.34. The van der Waals surface area contributed by atoms with Crippen LogP contribution in [0.3, 0.4) is 0 Å². The molecule has 2 aromatic rings. The lowest BCUT2D eigenvalue weighted by atomic mass is 10.1. The Balaban J connectivity index is 2.45. The quantitative estimate of drug-likeness (QED) is 0.915. The standard InChI is InChI=1S/C15H17FN2O3S/c1-17-12(19)7-18(2)15(20)14-9(8-21-3)13-10(16)5-4-6-11(13)22-14/h4-6H,7-8H2,1-3H3,(H,17,19). The number of rotatable bonds is 5. The molecule has 0 saturated carbocycles. The first kappa shape index (κ1) is 16.4. The lowest BCUT2D eigenvalue weighted by Gasteiger charge is -2.16. The number of thiophene rings is 1. The van der Waals surface area contributed by atoms with Gasteiger partial charge in [0.05, 0.1) is 18.0 Å². The van der Waals surface area contributed by atoms with Gasteiger partial charge in [0.15, 0.2) is 0 Å². The molecule has 0 unspecified atom stereocenters. The Morgan fingerprint density at radius 2 is 2.14 bits per heavy atom. The number of amides is 2. The monoisotopic (exact) mass is 324 g/mol. The number of nitrogens with zero attached hydrogens (tertiary/aromatic N) is 1. The van der Waals surface area contributed by atoms with E-state index in [0.29, 0.717) is 20.5 Å². The molecule has 22 heavy (non-hydrogen) atoms. The Kier molecular flexibility index (Phi) is 5.10. The number of methoxy groups -OCH3 is 1. The van der Waals surface area contributed by atoms with Gasteiger partial charge in [-0.2, -0.15) is 0 Å².